The fourth-order valence-corrected chi connectivity index (χ4v) is 1.51. The first-order valence-corrected chi connectivity index (χ1v) is 4.60. The number of aryl methyl sites for hydroxylation is 1. The van der Waals surface area contributed by atoms with Crippen molar-refractivity contribution in [3.8, 4) is 5.75 Å². The third-order valence-corrected chi connectivity index (χ3v) is 2.54. The van der Waals surface area contributed by atoms with Crippen LogP contribution in [0.1, 0.15) is 22.8 Å². The summed E-state index contributed by atoms with van der Waals surface area (Å²) in [6.45, 7) is 3.34. The van der Waals surface area contributed by atoms with Crippen LogP contribution in [0.3, 0.4) is 0 Å². The topological polar surface area (TPSA) is 37.3 Å². The number of phenols is 1. The number of halogens is 1. The van der Waals surface area contributed by atoms with Crippen LogP contribution >= 0.6 is 22.6 Å². The number of phenolic OH excluding ortho intramolecular Hbond substituents is 1. The summed E-state index contributed by atoms with van der Waals surface area (Å²) in [5, 5.41) is 9.29. The number of aromatic hydroxyl groups is 1. The lowest BCUT2D eigenvalue weighted by atomic mass is 10.1. The van der Waals surface area contributed by atoms with Gasteiger partial charge in [-0.15, -0.1) is 0 Å². The molecular formula is C9H9IO2. The summed E-state index contributed by atoms with van der Waals surface area (Å²) in [7, 11) is 0. The largest absolute Gasteiger partial charge is 0.507 e. The molecule has 0 aliphatic heterocycles. The van der Waals surface area contributed by atoms with E-state index in [0.29, 0.717) is 9.13 Å². The quantitative estimate of drug-likeness (QED) is 0.632. The van der Waals surface area contributed by atoms with Gasteiger partial charge in [-0.3, -0.25) is 4.79 Å². The van der Waals surface area contributed by atoms with Gasteiger partial charge in [0.15, 0.2) is 5.78 Å². The molecule has 1 aromatic rings. The Morgan fingerprint density at radius 3 is 2.58 bits per heavy atom. The minimum Gasteiger partial charge on any atom is -0.507 e. The molecule has 0 atom stereocenters. The van der Waals surface area contributed by atoms with Crippen molar-refractivity contribution < 1.29 is 9.90 Å². The molecule has 0 spiro atoms. The standard InChI is InChI=1S/C9H9IO2/c1-5-3-9(12)8(10)4-7(5)6(2)11/h3-4,12H,1-2H3. The molecule has 1 N–H and O–H groups in total. The number of hydrogen-bond donors (Lipinski definition) is 1. The van der Waals surface area contributed by atoms with Gasteiger partial charge in [-0.05, 0) is 54.1 Å². The molecule has 64 valence electrons. The predicted octanol–water partition coefficient (Wildman–Crippen LogP) is 2.51. The molecule has 1 rings (SSSR count). The highest BCUT2D eigenvalue weighted by Crippen LogP contribution is 2.23. The third-order valence-electron chi connectivity index (χ3n) is 1.67. The minimum absolute atomic E-state index is 0.0328. The van der Waals surface area contributed by atoms with E-state index in [0.717, 1.165) is 5.56 Å². The van der Waals surface area contributed by atoms with Crippen LogP contribution in [0, 0.1) is 10.5 Å². The summed E-state index contributed by atoms with van der Waals surface area (Å²) in [6.07, 6.45) is 0. The summed E-state index contributed by atoms with van der Waals surface area (Å²) >= 11 is 2.00. The highest BCUT2D eigenvalue weighted by molar-refractivity contribution is 14.1. The van der Waals surface area contributed by atoms with Crippen molar-refractivity contribution in [1.29, 1.82) is 0 Å². The molecule has 12 heavy (non-hydrogen) atoms. The van der Waals surface area contributed by atoms with Gasteiger partial charge in [0.25, 0.3) is 0 Å². The van der Waals surface area contributed by atoms with Crippen molar-refractivity contribution >= 4 is 28.4 Å². The average Bonchev–Trinajstić information content (AvgIpc) is 1.96. The molecule has 0 amide bonds. The molecule has 0 aliphatic rings. The molecule has 0 heterocycles. The predicted molar refractivity (Wildman–Crippen MR) is 55.6 cm³/mol. The molecule has 0 saturated carbocycles. The highest BCUT2D eigenvalue weighted by Gasteiger charge is 2.07. The SMILES string of the molecule is CC(=O)c1cc(I)c(O)cc1C. The number of benzene rings is 1. The summed E-state index contributed by atoms with van der Waals surface area (Å²) in [5.41, 5.74) is 1.50. The van der Waals surface area contributed by atoms with Gasteiger partial charge in [0.2, 0.25) is 0 Å². The van der Waals surface area contributed by atoms with E-state index >= 15 is 0 Å². The zero-order valence-electron chi connectivity index (χ0n) is 6.89. The number of hydrogen-bond acceptors (Lipinski definition) is 2. The molecule has 2 nitrogen and oxygen atoms in total. The molecule has 3 heteroatoms. The van der Waals surface area contributed by atoms with Gasteiger partial charge in [0.05, 0.1) is 3.57 Å². The smallest absolute Gasteiger partial charge is 0.160 e. The zero-order valence-corrected chi connectivity index (χ0v) is 9.05. The number of Topliss-reactive ketones (excluding diaryl/α,β-unsaturated/α-hetero) is 1. The van der Waals surface area contributed by atoms with Crippen molar-refractivity contribution in [2.75, 3.05) is 0 Å². The van der Waals surface area contributed by atoms with Crippen LogP contribution in [-0.4, -0.2) is 10.9 Å². The Morgan fingerprint density at radius 1 is 1.50 bits per heavy atom. The van der Waals surface area contributed by atoms with Gasteiger partial charge in [0.1, 0.15) is 5.75 Å². The normalized spacial score (nSPS) is 9.92. The van der Waals surface area contributed by atoms with Gasteiger partial charge in [-0.1, -0.05) is 0 Å². The monoisotopic (exact) mass is 276 g/mol. The van der Waals surface area contributed by atoms with Gasteiger partial charge in [0, 0.05) is 5.56 Å². The van der Waals surface area contributed by atoms with Crippen molar-refractivity contribution in [2.24, 2.45) is 0 Å². The summed E-state index contributed by atoms with van der Waals surface area (Å²) in [6, 6.07) is 3.31. The summed E-state index contributed by atoms with van der Waals surface area (Å²) < 4.78 is 0.711. The van der Waals surface area contributed by atoms with Crippen molar-refractivity contribution in [3.63, 3.8) is 0 Å². The van der Waals surface area contributed by atoms with E-state index in [1.807, 2.05) is 29.5 Å². The van der Waals surface area contributed by atoms with Crippen LogP contribution in [0.4, 0.5) is 0 Å². The first kappa shape index (κ1) is 9.51. The Labute approximate surface area is 84.7 Å². The first-order chi connectivity index (χ1) is 5.52. The van der Waals surface area contributed by atoms with Gasteiger partial charge < -0.3 is 5.11 Å². The fraction of sp³-hybridized carbons (Fsp3) is 0.222. The van der Waals surface area contributed by atoms with E-state index in [9.17, 15) is 9.90 Å². The lowest BCUT2D eigenvalue weighted by Crippen LogP contribution is -1.96. The maximum Gasteiger partial charge on any atom is 0.160 e. The Morgan fingerprint density at radius 2 is 2.08 bits per heavy atom. The second-order valence-corrected chi connectivity index (χ2v) is 3.84. The molecule has 0 saturated heterocycles. The number of rotatable bonds is 1. The Kier molecular flexibility index (Phi) is 2.72. The zero-order chi connectivity index (χ0) is 9.30. The molecule has 0 unspecified atom stereocenters. The van der Waals surface area contributed by atoms with E-state index in [4.69, 9.17) is 0 Å². The second kappa shape index (κ2) is 3.43. The maximum atomic E-state index is 11.0. The number of carbonyl (C=O) groups is 1. The molecular weight excluding hydrogens is 267 g/mol. The van der Waals surface area contributed by atoms with Crippen LogP contribution in [0.2, 0.25) is 0 Å². The van der Waals surface area contributed by atoms with Crippen LogP contribution < -0.4 is 0 Å². The first-order valence-electron chi connectivity index (χ1n) is 3.52. The Balaban J connectivity index is 3.33. The van der Waals surface area contributed by atoms with Gasteiger partial charge in [-0.2, -0.15) is 0 Å². The molecule has 0 radical (unpaired) electrons. The summed E-state index contributed by atoms with van der Waals surface area (Å²) in [4.78, 5) is 11.0. The van der Waals surface area contributed by atoms with Crippen LogP contribution in [-0.2, 0) is 0 Å². The second-order valence-electron chi connectivity index (χ2n) is 2.67. The Hall–Kier alpha value is -0.580. The van der Waals surface area contributed by atoms with E-state index in [1.165, 1.54) is 6.92 Å². The van der Waals surface area contributed by atoms with E-state index < -0.39 is 0 Å². The molecule has 1 aromatic carbocycles. The van der Waals surface area contributed by atoms with Crippen molar-refractivity contribution in [2.45, 2.75) is 13.8 Å². The lowest BCUT2D eigenvalue weighted by molar-refractivity contribution is 0.101. The van der Waals surface area contributed by atoms with Crippen LogP contribution in [0.15, 0.2) is 12.1 Å². The van der Waals surface area contributed by atoms with E-state index in [1.54, 1.807) is 12.1 Å². The minimum atomic E-state index is 0.0328. The molecule has 0 aromatic heterocycles. The van der Waals surface area contributed by atoms with Crippen LogP contribution in [0.5, 0.6) is 5.75 Å². The number of carbonyl (C=O) groups excluding carboxylic acids is 1. The molecule has 0 bridgehead atoms. The fourth-order valence-electron chi connectivity index (χ4n) is 1.05. The Bertz CT molecular complexity index is 332. The molecule has 0 aliphatic carbocycles. The van der Waals surface area contributed by atoms with Gasteiger partial charge >= 0.3 is 0 Å². The third kappa shape index (κ3) is 1.77. The van der Waals surface area contributed by atoms with Crippen LogP contribution in [0.25, 0.3) is 0 Å². The van der Waals surface area contributed by atoms with Crippen molar-refractivity contribution in [3.05, 3.63) is 26.8 Å². The van der Waals surface area contributed by atoms with Crippen molar-refractivity contribution in [1.82, 2.24) is 0 Å². The van der Waals surface area contributed by atoms with E-state index in [-0.39, 0.29) is 11.5 Å². The maximum absolute atomic E-state index is 11.0. The summed E-state index contributed by atoms with van der Waals surface area (Å²) in [5.74, 6) is 0.267. The average molecular weight is 276 g/mol. The molecule has 0 fully saturated rings. The van der Waals surface area contributed by atoms with E-state index in [2.05, 4.69) is 0 Å². The lowest BCUT2D eigenvalue weighted by Gasteiger charge is -2.03. The number of ketones is 1. The highest BCUT2D eigenvalue weighted by atomic mass is 127. The van der Waals surface area contributed by atoms with Gasteiger partial charge in [-0.25, -0.2) is 0 Å².